The van der Waals surface area contributed by atoms with E-state index in [1.54, 1.807) is 13.0 Å². The zero-order chi connectivity index (χ0) is 14.4. The molecule has 0 aromatic carbocycles. The summed E-state index contributed by atoms with van der Waals surface area (Å²) in [5, 5.41) is 12.5. The number of hydrogen-bond donors (Lipinski definition) is 2. The summed E-state index contributed by atoms with van der Waals surface area (Å²) in [6, 6.07) is 1.71. The number of hydrogen-bond acceptors (Lipinski definition) is 5. The van der Waals surface area contributed by atoms with Crippen molar-refractivity contribution in [3.8, 4) is 0 Å². The number of ether oxygens (including phenoxy) is 1. The minimum Gasteiger partial charge on any atom is -0.465 e. The summed E-state index contributed by atoms with van der Waals surface area (Å²) < 4.78 is 10.2. The third-order valence-corrected chi connectivity index (χ3v) is 2.92. The number of carbonyl (C=O) groups is 1. The number of nitrogens with one attached hydrogen (secondary N) is 1. The normalized spacial score (nSPS) is 12.7. The zero-order valence-corrected chi connectivity index (χ0v) is 12.0. The van der Waals surface area contributed by atoms with Crippen molar-refractivity contribution in [3.05, 3.63) is 23.2 Å². The van der Waals surface area contributed by atoms with Crippen molar-refractivity contribution in [2.24, 2.45) is 5.92 Å². The van der Waals surface area contributed by atoms with Crippen molar-refractivity contribution in [3.63, 3.8) is 0 Å². The Morgan fingerprint density at radius 3 is 2.74 bits per heavy atom. The molecule has 19 heavy (non-hydrogen) atoms. The molecule has 0 saturated heterocycles. The Labute approximate surface area is 113 Å². The first kappa shape index (κ1) is 15.7. The number of aliphatic hydroxyl groups is 1. The van der Waals surface area contributed by atoms with Crippen LogP contribution in [-0.4, -0.2) is 30.8 Å². The van der Waals surface area contributed by atoms with Crippen LogP contribution in [0, 0.1) is 12.8 Å². The van der Waals surface area contributed by atoms with Crippen molar-refractivity contribution in [1.29, 1.82) is 0 Å². The summed E-state index contributed by atoms with van der Waals surface area (Å²) in [6.45, 7) is 6.51. The fraction of sp³-hybridized carbons (Fsp3) is 0.643. The van der Waals surface area contributed by atoms with Gasteiger partial charge in [-0.3, -0.25) is 0 Å². The zero-order valence-electron chi connectivity index (χ0n) is 12.0. The second-order valence-corrected chi connectivity index (χ2v) is 5.06. The fourth-order valence-electron chi connectivity index (χ4n) is 1.98. The fourth-order valence-corrected chi connectivity index (χ4v) is 1.98. The molecule has 0 aliphatic heterocycles. The molecule has 1 heterocycles. The van der Waals surface area contributed by atoms with Gasteiger partial charge in [0, 0.05) is 6.04 Å². The van der Waals surface area contributed by atoms with Crippen LogP contribution in [0.5, 0.6) is 0 Å². The highest BCUT2D eigenvalue weighted by Crippen LogP contribution is 2.16. The molecule has 0 spiro atoms. The Balaban J connectivity index is 2.60. The van der Waals surface area contributed by atoms with E-state index < -0.39 is 5.97 Å². The molecule has 0 saturated carbocycles. The number of aryl methyl sites for hydroxylation is 1. The molecule has 1 unspecified atom stereocenters. The smallest absolute Gasteiger partial charge is 0.341 e. The van der Waals surface area contributed by atoms with Crippen LogP contribution < -0.4 is 5.32 Å². The Morgan fingerprint density at radius 1 is 1.53 bits per heavy atom. The molecule has 108 valence electrons. The van der Waals surface area contributed by atoms with Crippen LogP contribution in [0.3, 0.4) is 0 Å². The number of aliphatic hydroxyl groups excluding tert-OH is 1. The van der Waals surface area contributed by atoms with Gasteiger partial charge in [-0.1, -0.05) is 13.8 Å². The van der Waals surface area contributed by atoms with E-state index in [9.17, 15) is 9.90 Å². The third kappa shape index (κ3) is 4.69. The molecule has 1 atom stereocenters. The van der Waals surface area contributed by atoms with Crippen LogP contribution in [0.1, 0.15) is 42.1 Å². The average molecular weight is 269 g/mol. The van der Waals surface area contributed by atoms with Gasteiger partial charge in [-0.2, -0.15) is 0 Å². The molecule has 0 aliphatic carbocycles. The lowest BCUT2D eigenvalue weighted by Gasteiger charge is -2.17. The van der Waals surface area contributed by atoms with E-state index in [4.69, 9.17) is 4.42 Å². The number of furan rings is 1. The molecular formula is C14H23NO4. The van der Waals surface area contributed by atoms with E-state index in [0.29, 0.717) is 29.5 Å². The Bertz CT molecular complexity index is 412. The quantitative estimate of drug-likeness (QED) is 0.739. The number of carbonyl (C=O) groups excluding carboxylic acids is 1. The minimum absolute atomic E-state index is 0.0342. The van der Waals surface area contributed by atoms with Crippen LogP contribution in [0.2, 0.25) is 0 Å². The molecule has 0 amide bonds. The molecule has 1 aromatic rings. The molecule has 1 rings (SSSR count). The van der Waals surface area contributed by atoms with Crippen molar-refractivity contribution in [1.82, 2.24) is 5.32 Å². The van der Waals surface area contributed by atoms with Gasteiger partial charge in [0.2, 0.25) is 0 Å². The van der Waals surface area contributed by atoms with Gasteiger partial charge in [-0.05, 0) is 25.3 Å². The molecule has 0 aliphatic rings. The SMILES string of the molecule is COC(=O)c1cc(CNC(CO)CC(C)C)oc1C. The molecule has 0 bridgehead atoms. The number of rotatable bonds is 7. The monoisotopic (exact) mass is 269 g/mol. The second kappa shape index (κ2) is 7.31. The van der Waals surface area contributed by atoms with Gasteiger partial charge in [-0.15, -0.1) is 0 Å². The van der Waals surface area contributed by atoms with Crippen molar-refractivity contribution in [2.75, 3.05) is 13.7 Å². The van der Waals surface area contributed by atoms with E-state index in [-0.39, 0.29) is 12.6 Å². The van der Waals surface area contributed by atoms with Gasteiger partial charge in [0.15, 0.2) is 0 Å². The van der Waals surface area contributed by atoms with Crippen LogP contribution >= 0.6 is 0 Å². The Morgan fingerprint density at radius 2 is 2.21 bits per heavy atom. The predicted molar refractivity (Wildman–Crippen MR) is 72.0 cm³/mol. The van der Waals surface area contributed by atoms with Crippen LogP contribution in [0.25, 0.3) is 0 Å². The van der Waals surface area contributed by atoms with E-state index in [1.165, 1.54) is 7.11 Å². The highest BCUT2D eigenvalue weighted by Gasteiger charge is 2.16. The second-order valence-electron chi connectivity index (χ2n) is 5.06. The summed E-state index contributed by atoms with van der Waals surface area (Å²) in [5.74, 6) is 1.33. The molecule has 5 heteroatoms. The summed E-state index contributed by atoms with van der Waals surface area (Å²) >= 11 is 0. The lowest BCUT2D eigenvalue weighted by atomic mass is 10.0. The lowest BCUT2D eigenvalue weighted by Crippen LogP contribution is -2.33. The van der Waals surface area contributed by atoms with Crippen molar-refractivity contribution >= 4 is 5.97 Å². The Hall–Kier alpha value is -1.33. The van der Waals surface area contributed by atoms with Crippen molar-refractivity contribution in [2.45, 2.75) is 39.8 Å². The first-order chi connectivity index (χ1) is 8.97. The Kier molecular flexibility index (Phi) is 6.05. The van der Waals surface area contributed by atoms with Gasteiger partial charge in [0.1, 0.15) is 17.1 Å². The standard InChI is InChI=1S/C14H23NO4/c1-9(2)5-11(8-16)15-7-12-6-13(10(3)19-12)14(17)18-4/h6,9,11,15-16H,5,7-8H2,1-4H3. The summed E-state index contributed by atoms with van der Waals surface area (Å²) in [5.41, 5.74) is 0.448. The average Bonchev–Trinajstić information content (AvgIpc) is 2.74. The maximum absolute atomic E-state index is 11.4. The van der Waals surface area contributed by atoms with Gasteiger partial charge in [-0.25, -0.2) is 4.79 Å². The maximum atomic E-state index is 11.4. The number of methoxy groups -OCH3 is 1. The molecule has 2 N–H and O–H groups in total. The van der Waals surface area contributed by atoms with Crippen LogP contribution in [0.15, 0.2) is 10.5 Å². The minimum atomic E-state index is -0.395. The topological polar surface area (TPSA) is 71.7 Å². The summed E-state index contributed by atoms with van der Waals surface area (Å²) in [6.07, 6.45) is 0.889. The van der Waals surface area contributed by atoms with E-state index >= 15 is 0 Å². The van der Waals surface area contributed by atoms with E-state index in [0.717, 1.165) is 6.42 Å². The summed E-state index contributed by atoms with van der Waals surface area (Å²) in [4.78, 5) is 11.4. The number of esters is 1. The molecular weight excluding hydrogens is 246 g/mol. The van der Waals surface area contributed by atoms with Crippen molar-refractivity contribution < 1.29 is 19.1 Å². The third-order valence-electron chi connectivity index (χ3n) is 2.92. The van der Waals surface area contributed by atoms with Gasteiger partial charge in [0.25, 0.3) is 0 Å². The van der Waals surface area contributed by atoms with E-state index in [2.05, 4.69) is 23.9 Å². The van der Waals surface area contributed by atoms with Gasteiger partial charge < -0.3 is 19.6 Å². The highest BCUT2D eigenvalue weighted by atomic mass is 16.5. The lowest BCUT2D eigenvalue weighted by molar-refractivity contribution is 0.0599. The van der Waals surface area contributed by atoms with Crippen LogP contribution in [-0.2, 0) is 11.3 Å². The van der Waals surface area contributed by atoms with Gasteiger partial charge in [0.05, 0.1) is 20.3 Å². The summed E-state index contributed by atoms with van der Waals surface area (Å²) in [7, 11) is 1.34. The highest BCUT2D eigenvalue weighted by molar-refractivity contribution is 5.90. The van der Waals surface area contributed by atoms with Gasteiger partial charge >= 0.3 is 5.97 Å². The largest absolute Gasteiger partial charge is 0.465 e. The first-order valence-corrected chi connectivity index (χ1v) is 6.49. The molecule has 1 aromatic heterocycles. The molecule has 0 radical (unpaired) electrons. The van der Waals surface area contributed by atoms with Crippen LogP contribution in [0.4, 0.5) is 0 Å². The predicted octanol–water partition coefficient (Wildman–Crippen LogP) is 1.87. The maximum Gasteiger partial charge on any atom is 0.341 e. The van der Waals surface area contributed by atoms with E-state index in [1.807, 2.05) is 0 Å². The molecule has 0 fully saturated rings. The molecule has 5 nitrogen and oxygen atoms in total. The first-order valence-electron chi connectivity index (χ1n) is 6.49.